The van der Waals surface area contributed by atoms with E-state index in [1.807, 2.05) is 37.3 Å². The fraction of sp³-hybridized carbons (Fsp3) is 0.400. The Labute approximate surface area is 149 Å². The standard InChI is InChI=1S/C20H26N4O/c1-15-6-7-18(16(2)11-15)23-20(25)14-24-10-8-17(13-24)12-22-19-5-3-4-9-21-19/h3-7,9,11,17H,8,10,12-14H2,1-2H3,(H,21,22)(H,23,25). The number of amides is 1. The zero-order chi connectivity index (χ0) is 17.6. The number of aryl methyl sites for hydroxylation is 2. The van der Waals surface area contributed by atoms with Gasteiger partial charge in [-0.1, -0.05) is 23.8 Å². The minimum Gasteiger partial charge on any atom is -0.370 e. The van der Waals surface area contributed by atoms with Gasteiger partial charge in [-0.25, -0.2) is 4.98 Å². The average Bonchev–Trinajstić information content (AvgIpc) is 3.04. The zero-order valence-electron chi connectivity index (χ0n) is 15.0. The van der Waals surface area contributed by atoms with E-state index in [4.69, 9.17) is 0 Å². The van der Waals surface area contributed by atoms with Crippen LogP contribution in [0.5, 0.6) is 0 Å². The molecule has 0 bridgehead atoms. The first-order valence-electron chi connectivity index (χ1n) is 8.84. The van der Waals surface area contributed by atoms with Crippen molar-refractivity contribution in [3.63, 3.8) is 0 Å². The Balaban J connectivity index is 1.43. The molecule has 2 aromatic rings. The number of rotatable bonds is 6. The molecule has 1 unspecified atom stereocenters. The molecule has 1 aromatic heterocycles. The molecule has 25 heavy (non-hydrogen) atoms. The highest BCUT2D eigenvalue weighted by molar-refractivity contribution is 5.93. The molecule has 1 fully saturated rings. The van der Waals surface area contributed by atoms with E-state index < -0.39 is 0 Å². The van der Waals surface area contributed by atoms with E-state index in [-0.39, 0.29) is 5.91 Å². The van der Waals surface area contributed by atoms with Gasteiger partial charge in [0.05, 0.1) is 6.54 Å². The van der Waals surface area contributed by atoms with E-state index in [9.17, 15) is 4.79 Å². The van der Waals surface area contributed by atoms with Gasteiger partial charge >= 0.3 is 0 Å². The number of hydrogen-bond acceptors (Lipinski definition) is 4. The van der Waals surface area contributed by atoms with Crippen LogP contribution in [0.1, 0.15) is 17.5 Å². The molecule has 2 heterocycles. The highest BCUT2D eigenvalue weighted by Gasteiger charge is 2.24. The van der Waals surface area contributed by atoms with Gasteiger partial charge in [0.2, 0.25) is 5.91 Å². The molecule has 0 radical (unpaired) electrons. The van der Waals surface area contributed by atoms with Crippen molar-refractivity contribution in [1.29, 1.82) is 0 Å². The van der Waals surface area contributed by atoms with Gasteiger partial charge in [-0.3, -0.25) is 9.69 Å². The fourth-order valence-corrected chi connectivity index (χ4v) is 3.29. The average molecular weight is 338 g/mol. The molecule has 0 saturated carbocycles. The molecule has 1 aliphatic heterocycles. The Bertz CT molecular complexity index is 717. The molecular formula is C20H26N4O. The van der Waals surface area contributed by atoms with Crippen LogP contribution in [0.4, 0.5) is 11.5 Å². The SMILES string of the molecule is Cc1ccc(NC(=O)CN2CCC(CNc3ccccn3)C2)c(C)c1. The number of likely N-dealkylation sites (tertiary alicyclic amines) is 1. The summed E-state index contributed by atoms with van der Waals surface area (Å²) in [5.41, 5.74) is 3.22. The summed E-state index contributed by atoms with van der Waals surface area (Å²) in [6, 6.07) is 12.0. The van der Waals surface area contributed by atoms with Crippen molar-refractivity contribution >= 4 is 17.4 Å². The van der Waals surface area contributed by atoms with E-state index in [1.54, 1.807) is 6.20 Å². The van der Waals surface area contributed by atoms with Crippen molar-refractivity contribution < 1.29 is 4.79 Å². The van der Waals surface area contributed by atoms with Gasteiger partial charge in [0.15, 0.2) is 0 Å². The molecule has 1 aromatic carbocycles. The van der Waals surface area contributed by atoms with Gasteiger partial charge in [-0.15, -0.1) is 0 Å². The number of nitrogens with zero attached hydrogens (tertiary/aromatic N) is 2. The summed E-state index contributed by atoms with van der Waals surface area (Å²) in [6.07, 6.45) is 2.90. The lowest BCUT2D eigenvalue weighted by Gasteiger charge is -2.17. The third kappa shape index (κ3) is 5.03. The maximum atomic E-state index is 12.3. The van der Waals surface area contributed by atoms with E-state index in [0.717, 1.165) is 43.1 Å². The predicted octanol–water partition coefficient (Wildman–Crippen LogP) is 3.07. The summed E-state index contributed by atoms with van der Waals surface area (Å²) in [6.45, 7) is 7.34. The van der Waals surface area contributed by atoms with Crippen molar-refractivity contribution in [3.8, 4) is 0 Å². The van der Waals surface area contributed by atoms with E-state index in [0.29, 0.717) is 12.5 Å². The molecule has 3 rings (SSSR count). The van der Waals surface area contributed by atoms with Crippen molar-refractivity contribution in [2.75, 3.05) is 36.8 Å². The lowest BCUT2D eigenvalue weighted by Crippen LogP contribution is -2.32. The predicted molar refractivity (Wildman–Crippen MR) is 102 cm³/mol. The smallest absolute Gasteiger partial charge is 0.238 e. The van der Waals surface area contributed by atoms with Crippen LogP contribution in [0.3, 0.4) is 0 Å². The number of nitrogens with one attached hydrogen (secondary N) is 2. The van der Waals surface area contributed by atoms with Crippen LogP contribution < -0.4 is 10.6 Å². The number of anilines is 2. The number of carbonyl (C=O) groups is 1. The fourth-order valence-electron chi connectivity index (χ4n) is 3.29. The van der Waals surface area contributed by atoms with Crippen LogP contribution in [0.15, 0.2) is 42.6 Å². The minimum absolute atomic E-state index is 0.0605. The summed E-state index contributed by atoms with van der Waals surface area (Å²) in [7, 11) is 0. The molecule has 132 valence electrons. The van der Waals surface area contributed by atoms with Crippen molar-refractivity contribution in [2.45, 2.75) is 20.3 Å². The van der Waals surface area contributed by atoms with Crippen molar-refractivity contribution in [1.82, 2.24) is 9.88 Å². The lowest BCUT2D eigenvalue weighted by molar-refractivity contribution is -0.117. The first-order valence-corrected chi connectivity index (χ1v) is 8.84. The monoisotopic (exact) mass is 338 g/mol. The van der Waals surface area contributed by atoms with Crippen LogP contribution in [-0.2, 0) is 4.79 Å². The molecule has 1 saturated heterocycles. The lowest BCUT2D eigenvalue weighted by atomic mass is 10.1. The van der Waals surface area contributed by atoms with Gasteiger partial charge in [0.1, 0.15) is 5.82 Å². The van der Waals surface area contributed by atoms with Crippen LogP contribution in [-0.4, -0.2) is 42.0 Å². The summed E-state index contributed by atoms with van der Waals surface area (Å²) < 4.78 is 0. The minimum atomic E-state index is 0.0605. The summed E-state index contributed by atoms with van der Waals surface area (Å²) >= 11 is 0. The Hall–Kier alpha value is -2.40. The second-order valence-electron chi connectivity index (χ2n) is 6.85. The van der Waals surface area contributed by atoms with Gasteiger partial charge in [-0.05, 0) is 56.5 Å². The Morgan fingerprint density at radius 2 is 2.16 bits per heavy atom. The normalized spacial score (nSPS) is 17.4. The third-order valence-electron chi connectivity index (χ3n) is 4.63. The number of pyridine rings is 1. The number of aromatic nitrogens is 1. The Kier molecular flexibility index (Phi) is 5.66. The van der Waals surface area contributed by atoms with Gasteiger partial charge < -0.3 is 10.6 Å². The largest absolute Gasteiger partial charge is 0.370 e. The molecule has 0 aliphatic carbocycles. The molecule has 1 amide bonds. The summed E-state index contributed by atoms with van der Waals surface area (Å²) in [5, 5.41) is 6.41. The van der Waals surface area contributed by atoms with Gasteiger partial charge in [0.25, 0.3) is 0 Å². The highest BCUT2D eigenvalue weighted by atomic mass is 16.2. The maximum Gasteiger partial charge on any atom is 0.238 e. The molecule has 0 spiro atoms. The van der Waals surface area contributed by atoms with Crippen molar-refractivity contribution in [2.24, 2.45) is 5.92 Å². The number of hydrogen-bond donors (Lipinski definition) is 2. The molecular weight excluding hydrogens is 312 g/mol. The van der Waals surface area contributed by atoms with Crippen LogP contribution in [0.2, 0.25) is 0 Å². The molecule has 5 nitrogen and oxygen atoms in total. The molecule has 5 heteroatoms. The topological polar surface area (TPSA) is 57.3 Å². The van der Waals surface area contributed by atoms with Crippen molar-refractivity contribution in [3.05, 3.63) is 53.7 Å². The third-order valence-corrected chi connectivity index (χ3v) is 4.63. The zero-order valence-corrected chi connectivity index (χ0v) is 15.0. The number of carbonyl (C=O) groups excluding carboxylic acids is 1. The van der Waals surface area contributed by atoms with Gasteiger partial charge in [-0.2, -0.15) is 0 Å². The van der Waals surface area contributed by atoms with Gasteiger partial charge in [0, 0.05) is 25.0 Å². The number of benzene rings is 1. The Morgan fingerprint density at radius 1 is 1.28 bits per heavy atom. The molecule has 1 atom stereocenters. The Morgan fingerprint density at radius 3 is 2.92 bits per heavy atom. The summed E-state index contributed by atoms with van der Waals surface area (Å²) in [5.74, 6) is 1.52. The van der Waals surface area contributed by atoms with E-state index in [2.05, 4.69) is 33.5 Å². The second kappa shape index (κ2) is 8.12. The maximum absolute atomic E-state index is 12.3. The highest BCUT2D eigenvalue weighted by Crippen LogP contribution is 2.18. The second-order valence-corrected chi connectivity index (χ2v) is 6.85. The van der Waals surface area contributed by atoms with E-state index in [1.165, 1.54) is 5.56 Å². The molecule has 1 aliphatic rings. The van der Waals surface area contributed by atoms with E-state index >= 15 is 0 Å². The van der Waals surface area contributed by atoms with Crippen LogP contribution in [0, 0.1) is 19.8 Å². The summed E-state index contributed by atoms with van der Waals surface area (Å²) in [4.78, 5) is 18.8. The van der Waals surface area contributed by atoms with Crippen LogP contribution in [0.25, 0.3) is 0 Å². The first-order chi connectivity index (χ1) is 12.1. The first kappa shape index (κ1) is 17.4. The molecule has 2 N–H and O–H groups in total. The quantitative estimate of drug-likeness (QED) is 0.850. The van der Waals surface area contributed by atoms with Crippen LogP contribution >= 0.6 is 0 Å².